The lowest BCUT2D eigenvalue weighted by molar-refractivity contribution is 0.0971. The fourth-order valence-corrected chi connectivity index (χ4v) is 2.38. The van der Waals surface area contributed by atoms with E-state index >= 15 is 0 Å². The van der Waals surface area contributed by atoms with E-state index in [4.69, 9.17) is 0 Å². The maximum absolute atomic E-state index is 11.9. The Balaban J connectivity index is 2.20. The Morgan fingerprint density at radius 2 is 2.18 bits per heavy atom. The van der Waals surface area contributed by atoms with Gasteiger partial charge in [0.15, 0.2) is 11.6 Å². The second-order valence-corrected chi connectivity index (χ2v) is 4.28. The van der Waals surface area contributed by atoms with Crippen molar-refractivity contribution in [2.45, 2.75) is 26.2 Å². The summed E-state index contributed by atoms with van der Waals surface area (Å²) < 4.78 is 1.81. The predicted octanol–water partition coefficient (Wildman–Crippen LogP) is 2.09. The number of hydrogen-bond acceptors (Lipinski definition) is 3. The first-order chi connectivity index (χ1) is 8.27. The van der Waals surface area contributed by atoms with Gasteiger partial charge in [0.25, 0.3) is 0 Å². The van der Waals surface area contributed by atoms with Gasteiger partial charge in [0.1, 0.15) is 0 Å². The SMILES string of the molecule is Cc1nn(-c2ccccn2)c2c1C(=O)CCC2. The molecule has 0 spiro atoms. The Kier molecular flexibility index (Phi) is 2.28. The van der Waals surface area contributed by atoms with Crippen LogP contribution in [-0.2, 0) is 6.42 Å². The molecule has 0 fully saturated rings. The minimum atomic E-state index is 0.214. The summed E-state index contributed by atoms with van der Waals surface area (Å²) in [5.41, 5.74) is 2.63. The van der Waals surface area contributed by atoms with Crippen LogP contribution in [0.2, 0.25) is 0 Å². The van der Waals surface area contributed by atoms with Crippen LogP contribution in [0.4, 0.5) is 0 Å². The molecule has 0 atom stereocenters. The molecule has 1 aliphatic rings. The molecule has 0 bridgehead atoms. The summed E-state index contributed by atoms with van der Waals surface area (Å²) in [4.78, 5) is 16.2. The molecule has 2 aromatic heterocycles. The molecule has 0 saturated heterocycles. The van der Waals surface area contributed by atoms with Gasteiger partial charge in [-0.2, -0.15) is 5.10 Å². The third kappa shape index (κ3) is 1.56. The Labute approximate surface area is 99.3 Å². The summed E-state index contributed by atoms with van der Waals surface area (Å²) in [5, 5.41) is 4.45. The van der Waals surface area contributed by atoms with Gasteiger partial charge in [-0.25, -0.2) is 9.67 Å². The molecular formula is C13H13N3O. The largest absolute Gasteiger partial charge is 0.294 e. The number of Topliss-reactive ketones (excluding diaryl/α,β-unsaturated/α-hetero) is 1. The highest BCUT2D eigenvalue weighted by Gasteiger charge is 2.25. The van der Waals surface area contributed by atoms with E-state index < -0.39 is 0 Å². The number of pyridine rings is 1. The van der Waals surface area contributed by atoms with Crippen molar-refractivity contribution in [3.05, 3.63) is 41.3 Å². The van der Waals surface area contributed by atoms with Crippen LogP contribution in [0, 0.1) is 6.92 Å². The van der Waals surface area contributed by atoms with Gasteiger partial charge >= 0.3 is 0 Å². The third-order valence-corrected chi connectivity index (χ3v) is 3.12. The molecule has 3 rings (SSSR count). The van der Waals surface area contributed by atoms with Crippen molar-refractivity contribution in [2.75, 3.05) is 0 Å². The first-order valence-corrected chi connectivity index (χ1v) is 5.80. The quantitative estimate of drug-likeness (QED) is 0.749. The number of nitrogens with zero attached hydrogens (tertiary/aromatic N) is 3. The van der Waals surface area contributed by atoms with Crippen LogP contribution in [0.25, 0.3) is 5.82 Å². The number of ketones is 1. The summed E-state index contributed by atoms with van der Waals surface area (Å²) >= 11 is 0. The van der Waals surface area contributed by atoms with Crippen LogP contribution in [0.15, 0.2) is 24.4 Å². The Hall–Kier alpha value is -1.97. The van der Waals surface area contributed by atoms with E-state index in [1.165, 1.54) is 0 Å². The molecule has 4 heteroatoms. The zero-order valence-electron chi connectivity index (χ0n) is 9.68. The number of carbonyl (C=O) groups is 1. The molecule has 2 heterocycles. The number of rotatable bonds is 1. The van der Waals surface area contributed by atoms with Gasteiger partial charge in [0.05, 0.1) is 17.0 Å². The van der Waals surface area contributed by atoms with Gasteiger partial charge in [0.2, 0.25) is 0 Å². The van der Waals surface area contributed by atoms with E-state index in [-0.39, 0.29) is 5.78 Å². The number of aryl methyl sites for hydroxylation is 1. The molecule has 1 aliphatic carbocycles. The van der Waals surface area contributed by atoms with Crippen molar-refractivity contribution in [1.29, 1.82) is 0 Å². The normalized spacial score (nSPS) is 14.8. The summed E-state index contributed by atoms with van der Waals surface area (Å²) in [6, 6.07) is 5.71. The highest BCUT2D eigenvalue weighted by molar-refractivity contribution is 5.99. The van der Waals surface area contributed by atoms with Crippen molar-refractivity contribution >= 4 is 5.78 Å². The average Bonchev–Trinajstić information content (AvgIpc) is 2.69. The van der Waals surface area contributed by atoms with Gasteiger partial charge in [-0.15, -0.1) is 0 Å². The van der Waals surface area contributed by atoms with Crippen LogP contribution in [-0.4, -0.2) is 20.5 Å². The number of hydrogen-bond donors (Lipinski definition) is 0. The van der Waals surface area contributed by atoms with E-state index in [1.54, 1.807) is 6.20 Å². The summed E-state index contributed by atoms with van der Waals surface area (Å²) in [7, 11) is 0. The minimum Gasteiger partial charge on any atom is -0.294 e. The topological polar surface area (TPSA) is 47.8 Å². The monoisotopic (exact) mass is 227 g/mol. The molecule has 4 nitrogen and oxygen atoms in total. The van der Waals surface area contributed by atoms with Crippen molar-refractivity contribution in [1.82, 2.24) is 14.8 Å². The molecule has 0 unspecified atom stereocenters. The average molecular weight is 227 g/mol. The molecule has 17 heavy (non-hydrogen) atoms. The van der Waals surface area contributed by atoms with Crippen LogP contribution < -0.4 is 0 Å². The standard InChI is InChI=1S/C13H13N3O/c1-9-13-10(5-4-6-11(13)17)16(15-9)12-7-2-3-8-14-12/h2-3,7-8H,4-6H2,1H3. The van der Waals surface area contributed by atoms with Crippen LogP contribution in [0.5, 0.6) is 0 Å². The fraction of sp³-hybridized carbons (Fsp3) is 0.308. The molecule has 0 aromatic carbocycles. The van der Waals surface area contributed by atoms with E-state index in [9.17, 15) is 4.79 Å². The van der Waals surface area contributed by atoms with Gasteiger partial charge < -0.3 is 0 Å². The third-order valence-electron chi connectivity index (χ3n) is 3.12. The maximum atomic E-state index is 11.9. The molecule has 86 valence electrons. The summed E-state index contributed by atoms with van der Waals surface area (Å²) in [5.74, 6) is 0.998. The van der Waals surface area contributed by atoms with Crippen LogP contribution >= 0.6 is 0 Å². The molecule has 0 radical (unpaired) electrons. The number of aromatic nitrogens is 3. The van der Waals surface area contributed by atoms with E-state index in [0.717, 1.165) is 35.6 Å². The van der Waals surface area contributed by atoms with E-state index in [1.807, 2.05) is 29.8 Å². The molecule has 0 saturated carbocycles. The van der Waals surface area contributed by atoms with Gasteiger partial charge in [-0.05, 0) is 31.9 Å². The lowest BCUT2D eigenvalue weighted by Crippen LogP contribution is -2.13. The first-order valence-electron chi connectivity index (χ1n) is 5.80. The van der Waals surface area contributed by atoms with Gasteiger partial charge in [-0.3, -0.25) is 4.79 Å². The first kappa shape index (κ1) is 10.2. The smallest absolute Gasteiger partial charge is 0.166 e. The number of fused-ring (bicyclic) bond motifs is 1. The zero-order chi connectivity index (χ0) is 11.8. The predicted molar refractivity (Wildman–Crippen MR) is 63.4 cm³/mol. The van der Waals surface area contributed by atoms with Crippen molar-refractivity contribution < 1.29 is 4.79 Å². The fourth-order valence-electron chi connectivity index (χ4n) is 2.38. The molecule has 0 aliphatic heterocycles. The summed E-state index contributed by atoms with van der Waals surface area (Å²) in [6.45, 7) is 1.89. The van der Waals surface area contributed by atoms with Gasteiger partial charge in [-0.1, -0.05) is 6.07 Å². The molecule has 0 amide bonds. The molecule has 2 aromatic rings. The Morgan fingerprint density at radius 1 is 1.29 bits per heavy atom. The minimum absolute atomic E-state index is 0.214. The van der Waals surface area contributed by atoms with Crippen LogP contribution in [0.3, 0.4) is 0 Å². The molecule has 0 N–H and O–H groups in total. The number of carbonyl (C=O) groups excluding carboxylic acids is 1. The second-order valence-electron chi connectivity index (χ2n) is 4.28. The lowest BCUT2D eigenvalue weighted by atomic mass is 9.95. The van der Waals surface area contributed by atoms with Crippen molar-refractivity contribution in [3.63, 3.8) is 0 Å². The van der Waals surface area contributed by atoms with Crippen molar-refractivity contribution in [3.8, 4) is 5.82 Å². The van der Waals surface area contributed by atoms with Crippen molar-refractivity contribution in [2.24, 2.45) is 0 Å². The van der Waals surface area contributed by atoms with E-state index in [2.05, 4.69) is 10.1 Å². The highest BCUT2D eigenvalue weighted by atomic mass is 16.1. The lowest BCUT2D eigenvalue weighted by Gasteiger charge is -2.12. The summed E-state index contributed by atoms with van der Waals surface area (Å²) in [6.07, 6.45) is 4.19. The van der Waals surface area contributed by atoms with Gasteiger partial charge in [0, 0.05) is 12.6 Å². The maximum Gasteiger partial charge on any atom is 0.166 e. The molecular weight excluding hydrogens is 214 g/mol. The Bertz CT molecular complexity index is 572. The second kappa shape index (κ2) is 3.80. The zero-order valence-corrected chi connectivity index (χ0v) is 9.68. The highest BCUT2D eigenvalue weighted by Crippen LogP contribution is 2.25. The van der Waals surface area contributed by atoms with E-state index in [0.29, 0.717) is 6.42 Å². The van der Waals surface area contributed by atoms with Crippen LogP contribution in [0.1, 0.15) is 34.6 Å². The Morgan fingerprint density at radius 3 is 2.94 bits per heavy atom.